The molecule has 2 nitrogen and oxygen atoms in total. The fourth-order valence-corrected chi connectivity index (χ4v) is 3.16. The third-order valence-electron chi connectivity index (χ3n) is 4.20. The molecule has 25 heavy (non-hydrogen) atoms. The fourth-order valence-electron chi connectivity index (χ4n) is 3.16. The molecule has 0 unspecified atom stereocenters. The second-order valence-corrected chi connectivity index (χ2v) is 5.57. The summed E-state index contributed by atoms with van der Waals surface area (Å²) < 4.78 is 5.53. The van der Waals surface area contributed by atoms with Gasteiger partial charge in [0.15, 0.2) is 0 Å². The molecule has 0 fully saturated rings. The van der Waals surface area contributed by atoms with Crippen molar-refractivity contribution in [2.24, 2.45) is 0 Å². The SMILES string of the molecule is CCOC(=O)C(c1ccccc1)(c1ccccc1)c1ccccc1.[Ru]. The third-order valence-corrected chi connectivity index (χ3v) is 4.20. The van der Waals surface area contributed by atoms with E-state index in [1.807, 2.05) is 97.9 Å². The van der Waals surface area contributed by atoms with Gasteiger partial charge in [-0.05, 0) is 23.6 Å². The predicted octanol–water partition coefficient (Wildman–Crippen LogP) is 4.58. The zero-order valence-corrected chi connectivity index (χ0v) is 15.8. The third kappa shape index (κ3) is 3.57. The molecule has 0 aromatic heterocycles. The number of hydrogen-bond acceptors (Lipinski definition) is 2. The molecule has 0 saturated heterocycles. The number of esters is 1. The molecular formula is C22H20O2Ru. The van der Waals surface area contributed by atoms with Gasteiger partial charge < -0.3 is 4.74 Å². The fraction of sp³-hybridized carbons (Fsp3) is 0.136. The molecule has 128 valence electrons. The monoisotopic (exact) mass is 418 g/mol. The number of carbonyl (C=O) groups excluding carboxylic acids is 1. The number of benzene rings is 3. The van der Waals surface area contributed by atoms with Gasteiger partial charge in [-0.2, -0.15) is 0 Å². The normalized spacial score (nSPS) is 10.6. The molecule has 3 heteroatoms. The number of rotatable bonds is 5. The first-order valence-corrected chi connectivity index (χ1v) is 8.14. The molecule has 0 saturated carbocycles. The number of carbonyl (C=O) groups is 1. The molecule has 0 radical (unpaired) electrons. The molecule has 0 spiro atoms. The van der Waals surface area contributed by atoms with Crippen LogP contribution >= 0.6 is 0 Å². The van der Waals surface area contributed by atoms with Gasteiger partial charge in [0.05, 0.1) is 6.61 Å². The average Bonchev–Trinajstić information content (AvgIpc) is 2.65. The van der Waals surface area contributed by atoms with Gasteiger partial charge in [0.2, 0.25) is 0 Å². The summed E-state index contributed by atoms with van der Waals surface area (Å²) in [5, 5.41) is 0. The van der Waals surface area contributed by atoms with Crippen molar-refractivity contribution in [2.45, 2.75) is 12.3 Å². The van der Waals surface area contributed by atoms with E-state index in [1.54, 1.807) is 0 Å². The van der Waals surface area contributed by atoms with Gasteiger partial charge in [-0.1, -0.05) is 91.0 Å². The van der Waals surface area contributed by atoms with E-state index in [4.69, 9.17) is 4.74 Å². The van der Waals surface area contributed by atoms with Crippen LogP contribution in [0.2, 0.25) is 0 Å². The molecule has 3 aromatic carbocycles. The molecule has 0 aliphatic heterocycles. The summed E-state index contributed by atoms with van der Waals surface area (Å²) in [5.41, 5.74) is 1.74. The minimum absolute atomic E-state index is 0. The van der Waals surface area contributed by atoms with Crippen molar-refractivity contribution in [3.05, 3.63) is 108 Å². The first kappa shape index (κ1) is 19.1. The Bertz CT molecular complexity index is 689. The predicted molar refractivity (Wildman–Crippen MR) is 95.8 cm³/mol. The molecule has 0 aliphatic rings. The van der Waals surface area contributed by atoms with Crippen molar-refractivity contribution in [1.29, 1.82) is 0 Å². The van der Waals surface area contributed by atoms with Crippen LogP contribution in [0.15, 0.2) is 91.0 Å². The van der Waals surface area contributed by atoms with E-state index >= 15 is 0 Å². The van der Waals surface area contributed by atoms with Crippen LogP contribution < -0.4 is 0 Å². The summed E-state index contributed by atoms with van der Waals surface area (Å²) in [6.45, 7) is 2.18. The summed E-state index contributed by atoms with van der Waals surface area (Å²) in [6.07, 6.45) is 0. The van der Waals surface area contributed by atoms with Crippen LogP contribution in [0.1, 0.15) is 23.6 Å². The molecule has 0 N–H and O–H groups in total. The molecule has 0 amide bonds. The Morgan fingerprint density at radius 1 is 0.720 bits per heavy atom. The Kier molecular flexibility index (Phi) is 6.67. The zero-order chi connectivity index (χ0) is 16.8. The van der Waals surface area contributed by atoms with Crippen molar-refractivity contribution in [2.75, 3.05) is 6.61 Å². The van der Waals surface area contributed by atoms with Crippen LogP contribution in [0.5, 0.6) is 0 Å². The molecular weight excluding hydrogens is 397 g/mol. The standard InChI is InChI=1S/C22H20O2.Ru/c1-2-24-21(23)22(18-12-6-3-7-13-18,19-14-8-4-9-15-19)20-16-10-5-11-17-20;/h3-17H,2H2,1H3;. The van der Waals surface area contributed by atoms with Crippen LogP contribution in [-0.4, -0.2) is 12.6 Å². The van der Waals surface area contributed by atoms with Crippen LogP contribution in [0.4, 0.5) is 0 Å². The van der Waals surface area contributed by atoms with Crippen LogP contribution in [-0.2, 0) is 34.4 Å². The Labute approximate surface area is 161 Å². The maximum absolute atomic E-state index is 13.2. The first-order valence-electron chi connectivity index (χ1n) is 8.14. The van der Waals surface area contributed by atoms with Crippen molar-refractivity contribution in [3.8, 4) is 0 Å². The molecule has 0 aliphatic carbocycles. The Balaban J connectivity index is 0.00000225. The maximum atomic E-state index is 13.2. The quantitative estimate of drug-likeness (QED) is 0.345. The Morgan fingerprint density at radius 2 is 1.04 bits per heavy atom. The van der Waals surface area contributed by atoms with Crippen molar-refractivity contribution in [1.82, 2.24) is 0 Å². The van der Waals surface area contributed by atoms with Gasteiger partial charge in [0, 0.05) is 19.5 Å². The van der Waals surface area contributed by atoms with E-state index in [0.717, 1.165) is 16.7 Å². The van der Waals surface area contributed by atoms with Crippen molar-refractivity contribution < 1.29 is 29.0 Å². The van der Waals surface area contributed by atoms with Crippen LogP contribution in [0.3, 0.4) is 0 Å². The van der Waals surface area contributed by atoms with Gasteiger partial charge in [-0.3, -0.25) is 4.79 Å². The summed E-state index contributed by atoms with van der Waals surface area (Å²) in [5.74, 6) is -0.256. The van der Waals surface area contributed by atoms with Gasteiger partial charge in [-0.25, -0.2) is 0 Å². The van der Waals surface area contributed by atoms with Gasteiger partial charge >= 0.3 is 5.97 Å². The van der Waals surface area contributed by atoms with E-state index in [9.17, 15) is 4.79 Å². The van der Waals surface area contributed by atoms with E-state index in [1.165, 1.54) is 0 Å². The number of ether oxygens (including phenoxy) is 1. The minimum Gasteiger partial charge on any atom is -0.465 e. The van der Waals surface area contributed by atoms with E-state index in [0.29, 0.717) is 6.61 Å². The second-order valence-electron chi connectivity index (χ2n) is 5.57. The molecule has 0 atom stereocenters. The zero-order valence-electron chi connectivity index (χ0n) is 14.0. The summed E-state index contributed by atoms with van der Waals surface area (Å²) >= 11 is 0. The second kappa shape index (κ2) is 8.73. The van der Waals surface area contributed by atoms with E-state index in [-0.39, 0.29) is 25.4 Å². The molecule has 3 rings (SSSR count). The topological polar surface area (TPSA) is 26.3 Å². The van der Waals surface area contributed by atoms with Crippen LogP contribution in [0, 0.1) is 0 Å². The van der Waals surface area contributed by atoms with Gasteiger partial charge in [0.25, 0.3) is 0 Å². The van der Waals surface area contributed by atoms with Gasteiger partial charge in [-0.15, -0.1) is 0 Å². The molecule has 3 aromatic rings. The Morgan fingerprint density at radius 3 is 1.32 bits per heavy atom. The summed E-state index contributed by atoms with van der Waals surface area (Å²) in [6, 6.07) is 29.5. The summed E-state index contributed by atoms with van der Waals surface area (Å²) in [7, 11) is 0. The number of hydrogen-bond donors (Lipinski definition) is 0. The van der Waals surface area contributed by atoms with Crippen molar-refractivity contribution in [3.63, 3.8) is 0 Å². The molecule has 0 bridgehead atoms. The van der Waals surface area contributed by atoms with Crippen molar-refractivity contribution >= 4 is 5.97 Å². The molecule has 0 heterocycles. The maximum Gasteiger partial charge on any atom is 0.325 e. The summed E-state index contributed by atoms with van der Waals surface area (Å²) in [4.78, 5) is 13.2. The average molecular weight is 417 g/mol. The van der Waals surface area contributed by atoms with Crippen LogP contribution in [0.25, 0.3) is 0 Å². The van der Waals surface area contributed by atoms with E-state index in [2.05, 4.69) is 0 Å². The smallest absolute Gasteiger partial charge is 0.325 e. The first-order chi connectivity index (χ1) is 11.8. The van der Waals surface area contributed by atoms with Gasteiger partial charge in [0.1, 0.15) is 5.41 Å². The van der Waals surface area contributed by atoms with E-state index < -0.39 is 5.41 Å². The largest absolute Gasteiger partial charge is 0.465 e. The minimum atomic E-state index is -0.972. The Hall–Kier alpha value is -2.25.